The summed E-state index contributed by atoms with van der Waals surface area (Å²) in [5.41, 5.74) is 17.0. The van der Waals surface area contributed by atoms with Crippen molar-refractivity contribution in [1.29, 1.82) is 0 Å². The van der Waals surface area contributed by atoms with Gasteiger partial charge in [-0.25, -0.2) is 0 Å². The number of hydrogen-bond donors (Lipinski definition) is 6. The lowest BCUT2D eigenvalue weighted by Gasteiger charge is -2.25. The summed E-state index contributed by atoms with van der Waals surface area (Å²) in [6.45, 7) is 0.374. The number of ether oxygens (including phenoxy) is 1. The van der Waals surface area contributed by atoms with Gasteiger partial charge in [0.1, 0.15) is 23.9 Å². The molecule has 0 aliphatic rings. The Morgan fingerprint density at radius 1 is 0.795 bits per heavy atom. The number of rotatable bonds is 16. The Morgan fingerprint density at radius 3 is 2.03 bits per heavy atom. The first kappa shape index (κ1) is 30.8. The summed E-state index contributed by atoms with van der Waals surface area (Å²) >= 11 is 0. The molecule has 0 bridgehead atoms. The minimum absolute atomic E-state index is 0.135. The Bertz CT molecular complexity index is 1140. The number of primary amides is 2. The largest absolute Gasteiger partial charge is 0.496 e. The highest BCUT2D eigenvalue weighted by Crippen LogP contribution is 2.17. The van der Waals surface area contributed by atoms with Crippen LogP contribution in [-0.4, -0.2) is 61.3 Å². The standard InChI is InChI=1S/C27H36N6O6/c1-39-22-13-6-5-11-18(22)25(36)33-21(15-17-9-3-2-4-10-17)27(38)31-19(12-7-8-14-28)26(37)32-20(24(30)35)16-23(29)34/h2-6,9-11,13,19-21H,7-8,12,14-16,28H2,1H3,(H2,29,34)(H2,30,35)(H,31,38)(H,32,37)(H,33,36)/t19-,20-,21-/m0/s1. The number of carbonyl (C=O) groups excluding carboxylic acids is 5. The van der Waals surface area contributed by atoms with E-state index in [-0.39, 0.29) is 18.4 Å². The van der Waals surface area contributed by atoms with Gasteiger partial charge in [-0.05, 0) is 43.5 Å². The summed E-state index contributed by atoms with van der Waals surface area (Å²) in [4.78, 5) is 62.7. The first-order valence-corrected chi connectivity index (χ1v) is 12.5. The molecule has 12 heteroatoms. The summed E-state index contributed by atoms with van der Waals surface area (Å²) in [7, 11) is 1.43. The molecule has 3 atom stereocenters. The van der Waals surface area contributed by atoms with Crippen LogP contribution in [0.4, 0.5) is 0 Å². The molecule has 0 aliphatic heterocycles. The summed E-state index contributed by atoms with van der Waals surface area (Å²) in [5, 5.41) is 7.79. The molecule has 0 saturated carbocycles. The molecule has 2 rings (SSSR count). The Labute approximate surface area is 227 Å². The van der Waals surface area contributed by atoms with Gasteiger partial charge in [-0.2, -0.15) is 0 Å². The first-order valence-electron chi connectivity index (χ1n) is 12.5. The van der Waals surface area contributed by atoms with E-state index in [1.807, 2.05) is 18.2 Å². The highest BCUT2D eigenvalue weighted by atomic mass is 16.5. The number of hydrogen-bond acceptors (Lipinski definition) is 7. The van der Waals surface area contributed by atoms with Gasteiger partial charge in [0.05, 0.1) is 19.1 Å². The van der Waals surface area contributed by atoms with Crippen molar-refractivity contribution in [1.82, 2.24) is 16.0 Å². The van der Waals surface area contributed by atoms with E-state index >= 15 is 0 Å². The minimum atomic E-state index is -1.34. The van der Waals surface area contributed by atoms with Crippen molar-refractivity contribution < 1.29 is 28.7 Å². The van der Waals surface area contributed by atoms with Crippen LogP contribution in [-0.2, 0) is 25.6 Å². The second-order valence-corrected chi connectivity index (χ2v) is 8.90. The average molecular weight is 541 g/mol. The van der Waals surface area contributed by atoms with E-state index in [2.05, 4.69) is 16.0 Å². The zero-order chi connectivity index (χ0) is 28.8. The van der Waals surface area contributed by atoms with Crippen LogP contribution in [0.5, 0.6) is 5.75 Å². The highest BCUT2D eigenvalue weighted by Gasteiger charge is 2.30. The monoisotopic (exact) mass is 540 g/mol. The summed E-state index contributed by atoms with van der Waals surface area (Å²) in [6.07, 6.45) is 0.906. The molecule has 0 fully saturated rings. The first-order chi connectivity index (χ1) is 18.7. The SMILES string of the molecule is COc1ccccc1C(=O)N[C@@H](Cc1ccccc1)C(=O)N[C@@H](CCCCN)C(=O)N[C@@H](CC(N)=O)C(N)=O. The molecule has 0 saturated heterocycles. The fraction of sp³-hybridized carbons (Fsp3) is 0.370. The van der Waals surface area contributed by atoms with Crippen LogP contribution in [0.1, 0.15) is 41.6 Å². The lowest BCUT2D eigenvalue weighted by Crippen LogP contribution is -2.57. The van der Waals surface area contributed by atoms with Crippen molar-refractivity contribution >= 4 is 29.5 Å². The second-order valence-electron chi connectivity index (χ2n) is 8.90. The van der Waals surface area contributed by atoms with Crippen LogP contribution in [0.25, 0.3) is 0 Å². The molecule has 2 aromatic rings. The molecular weight excluding hydrogens is 504 g/mol. The number of nitrogens with one attached hydrogen (secondary N) is 3. The number of benzene rings is 2. The molecule has 0 aromatic heterocycles. The lowest BCUT2D eigenvalue weighted by molar-refractivity contribution is -0.133. The van der Waals surface area contributed by atoms with E-state index in [4.69, 9.17) is 21.9 Å². The van der Waals surface area contributed by atoms with E-state index in [0.717, 1.165) is 5.56 Å². The molecule has 12 nitrogen and oxygen atoms in total. The predicted molar refractivity (Wildman–Crippen MR) is 144 cm³/mol. The molecule has 39 heavy (non-hydrogen) atoms. The molecule has 0 unspecified atom stereocenters. The summed E-state index contributed by atoms with van der Waals surface area (Å²) in [5.74, 6) is -3.33. The van der Waals surface area contributed by atoms with Gasteiger partial charge in [0, 0.05) is 6.42 Å². The zero-order valence-corrected chi connectivity index (χ0v) is 21.9. The van der Waals surface area contributed by atoms with Crippen LogP contribution < -0.4 is 37.9 Å². The molecule has 9 N–H and O–H groups in total. The molecule has 0 radical (unpaired) electrons. The molecule has 0 heterocycles. The molecule has 0 aliphatic carbocycles. The Hall–Kier alpha value is -4.45. The third-order valence-corrected chi connectivity index (χ3v) is 5.90. The summed E-state index contributed by atoms with van der Waals surface area (Å²) in [6, 6.07) is 12.1. The van der Waals surface area contributed by atoms with Gasteiger partial charge < -0.3 is 37.9 Å². The number of amides is 5. The Balaban J connectivity index is 2.28. The predicted octanol–water partition coefficient (Wildman–Crippen LogP) is -0.504. The van der Waals surface area contributed by atoms with Crippen molar-refractivity contribution in [2.45, 2.75) is 50.2 Å². The lowest BCUT2D eigenvalue weighted by atomic mass is 10.0. The third kappa shape index (κ3) is 10.1. The number of methoxy groups -OCH3 is 1. The molecular formula is C27H36N6O6. The maximum Gasteiger partial charge on any atom is 0.255 e. The van der Waals surface area contributed by atoms with Gasteiger partial charge in [-0.1, -0.05) is 42.5 Å². The quantitative estimate of drug-likeness (QED) is 0.154. The maximum atomic E-state index is 13.5. The van der Waals surface area contributed by atoms with Crippen LogP contribution >= 0.6 is 0 Å². The number of unbranched alkanes of at least 4 members (excludes halogenated alkanes) is 1. The van der Waals surface area contributed by atoms with Crippen molar-refractivity contribution in [2.75, 3.05) is 13.7 Å². The third-order valence-electron chi connectivity index (χ3n) is 5.90. The molecule has 2 aromatic carbocycles. The van der Waals surface area contributed by atoms with Gasteiger partial charge in [-0.3, -0.25) is 24.0 Å². The topological polar surface area (TPSA) is 209 Å². The van der Waals surface area contributed by atoms with Gasteiger partial charge in [0.2, 0.25) is 23.6 Å². The summed E-state index contributed by atoms with van der Waals surface area (Å²) < 4.78 is 5.27. The van der Waals surface area contributed by atoms with Crippen molar-refractivity contribution in [3.05, 3.63) is 65.7 Å². The van der Waals surface area contributed by atoms with Crippen molar-refractivity contribution in [3.8, 4) is 5.75 Å². The van der Waals surface area contributed by atoms with Gasteiger partial charge in [0.15, 0.2) is 0 Å². The molecule has 210 valence electrons. The number of carbonyl (C=O) groups is 5. The van der Waals surface area contributed by atoms with Crippen LogP contribution in [0.15, 0.2) is 54.6 Å². The Morgan fingerprint density at radius 2 is 1.41 bits per heavy atom. The van der Waals surface area contributed by atoms with Gasteiger partial charge in [0.25, 0.3) is 5.91 Å². The van der Waals surface area contributed by atoms with Gasteiger partial charge >= 0.3 is 0 Å². The highest BCUT2D eigenvalue weighted by molar-refractivity contribution is 6.00. The van der Waals surface area contributed by atoms with Crippen LogP contribution in [0.3, 0.4) is 0 Å². The second kappa shape index (κ2) is 15.7. The Kier molecular flexibility index (Phi) is 12.4. The van der Waals surface area contributed by atoms with E-state index in [1.54, 1.807) is 36.4 Å². The van der Waals surface area contributed by atoms with Crippen molar-refractivity contribution in [2.24, 2.45) is 17.2 Å². The van der Waals surface area contributed by atoms with Crippen LogP contribution in [0, 0.1) is 0 Å². The average Bonchev–Trinajstić information content (AvgIpc) is 2.91. The van der Waals surface area contributed by atoms with E-state index in [1.165, 1.54) is 7.11 Å². The van der Waals surface area contributed by atoms with E-state index < -0.39 is 54.1 Å². The minimum Gasteiger partial charge on any atom is -0.496 e. The maximum absolute atomic E-state index is 13.5. The van der Waals surface area contributed by atoms with Gasteiger partial charge in [-0.15, -0.1) is 0 Å². The fourth-order valence-electron chi connectivity index (χ4n) is 3.86. The fourth-order valence-corrected chi connectivity index (χ4v) is 3.86. The normalized spacial score (nSPS) is 12.9. The van der Waals surface area contributed by atoms with Crippen molar-refractivity contribution in [3.63, 3.8) is 0 Å². The smallest absolute Gasteiger partial charge is 0.255 e. The van der Waals surface area contributed by atoms with E-state index in [0.29, 0.717) is 25.1 Å². The number of nitrogens with two attached hydrogens (primary N) is 3. The van der Waals surface area contributed by atoms with E-state index in [9.17, 15) is 24.0 Å². The molecule has 0 spiro atoms. The number of para-hydroxylation sites is 1. The van der Waals surface area contributed by atoms with Crippen LogP contribution in [0.2, 0.25) is 0 Å². The molecule has 5 amide bonds. The zero-order valence-electron chi connectivity index (χ0n) is 21.9.